The molecule has 0 saturated carbocycles. The molecular formula is C33H55N2NaO16S. The first kappa shape index (κ1) is 50.6. The number of hydrogen-bond donors (Lipinski definition) is 2. The molecule has 20 heteroatoms. The van der Waals surface area contributed by atoms with E-state index in [4.69, 9.17) is 28.4 Å². The molecule has 1 aliphatic rings. The van der Waals surface area contributed by atoms with Gasteiger partial charge in [-0.3, -0.25) is 33.0 Å². The second-order valence-corrected chi connectivity index (χ2v) is 13.4. The maximum absolute atomic E-state index is 13.1. The van der Waals surface area contributed by atoms with E-state index in [1.54, 1.807) is 0 Å². The quantitative estimate of drug-likeness (QED) is 0.0263. The normalized spacial score (nSPS) is 20.2. The van der Waals surface area contributed by atoms with Gasteiger partial charge in [0.1, 0.15) is 18.8 Å². The zero-order valence-corrected chi connectivity index (χ0v) is 34.5. The minimum atomic E-state index is -5.02. The molecule has 0 aromatic rings. The van der Waals surface area contributed by atoms with Crippen molar-refractivity contribution >= 4 is 46.1 Å². The predicted molar refractivity (Wildman–Crippen MR) is 180 cm³/mol. The number of esters is 4. The monoisotopic (exact) mass is 790 g/mol. The topological polar surface area (TPSA) is 248 Å². The van der Waals surface area contributed by atoms with Gasteiger partial charge in [-0.15, -0.1) is 0 Å². The molecule has 53 heavy (non-hydrogen) atoms. The molecule has 0 aromatic heterocycles. The second kappa shape index (κ2) is 28.1. The van der Waals surface area contributed by atoms with Gasteiger partial charge in [-0.2, -0.15) is 0 Å². The van der Waals surface area contributed by atoms with Gasteiger partial charge in [0.15, 0.2) is 24.6 Å². The summed E-state index contributed by atoms with van der Waals surface area (Å²) in [6.07, 6.45) is 4.39. The first-order valence-electron chi connectivity index (χ1n) is 17.6. The summed E-state index contributed by atoms with van der Waals surface area (Å²) in [6, 6.07) is -1.43. The first-order chi connectivity index (χ1) is 24.5. The van der Waals surface area contributed by atoms with Crippen LogP contribution in [-0.2, 0) is 71.8 Å². The summed E-state index contributed by atoms with van der Waals surface area (Å²) >= 11 is 0. The van der Waals surface area contributed by atoms with Crippen LogP contribution in [0, 0.1) is 0 Å². The molecule has 1 aliphatic heterocycles. The standard InChI is InChI=1S/C33H56N2O16S.Na/c1-6-7-8-9-10-11-12-13-14-15-16-17-28(40)35-26(32(41)34-18-19-47-52(42,43)44)20-46-33-31(50-25(5)39)30(49-24(4)38)29(48-23(3)37)27(51-33)21-45-22(2)36;/h26-27,29-31,33H,6-21H2,1-5H3,(H,34,41)(H,35,40)(H,42,43,44);/q;+1/p-1/t26?,27-,29+,30+,31-,33-;/m1./s1. The number of ether oxygens (including phenoxy) is 6. The number of hydrogen-bond acceptors (Lipinski definition) is 16. The van der Waals surface area contributed by atoms with Gasteiger partial charge in [-0.05, 0) is 6.42 Å². The van der Waals surface area contributed by atoms with Crippen LogP contribution in [0.4, 0.5) is 0 Å². The Labute approximate surface area is 334 Å². The number of amides is 2. The van der Waals surface area contributed by atoms with Gasteiger partial charge in [-0.25, -0.2) is 8.42 Å². The summed E-state index contributed by atoms with van der Waals surface area (Å²) in [7, 11) is -5.02. The SMILES string of the molecule is CCCCCCCCCCCCCC(=O)NC(CO[C@@H]1O[C@H](COC(C)=O)[C@H](OC(C)=O)[C@H](OC(C)=O)[C@H]1OC(C)=O)C(=O)NCCOS(=O)(=O)[O-].[Na+]. The molecule has 1 fully saturated rings. The van der Waals surface area contributed by atoms with Crippen molar-refractivity contribution in [2.24, 2.45) is 0 Å². The molecular weight excluding hydrogens is 735 g/mol. The van der Waals surface area contributed by atoms with Crippen LogP contribution in [0.25, 0.3) is 0 Å². The predicted octanol–water partition coefficient (Wildman–Crippen LogP) is -1.13. The Hall–Kier alpha value is -2.39. The zero-order valence-electron chi connectivity index (χ0n) is 31.7. The number of carbonyl (C=O) groups excluding carboxylic acids is 6. The average molecular weight is 791 g/mol. The third kappa shape index (κ3) is 23.9. The minimum absolute atomic E-state index is 0. The summed E-state index contributed by atoms with van der Waals surface area (Å²) in [6.45, 7) is 4.20. The van der Waals surface area contributed by atoms with Crippen molar-refractivity contribution in [3.8, 4) is 0 Å². The van der Waals surface area contributed by atoms with Gasteiger partial charge >= 0.3 is 53.4 Å². The molecule has 0 aromatic carbocycles. The minimum Gasteiger partial charge on any atom is -0.726 e. The summed E-state index contributed by atoms with van der Waals surface area (Å²) < 4.78 is 69.2. The number of rotatable bonds is 26. The third-order valence-electron chi connectivity index (χ3n) is 7.66. The Morgan fingerprint density at radius 2 is 1.25 bits per heavy atom. The fourth-order valence-electron chi connectivity index (χ4n) is 5.35. The molecule has 2 N–H and O–H groups in total. The molecule has 2 amide bonds. The molecule has 0 spiro atoms. The van der Waals surface area contributed by atoms with Crippen LogP contribution in [0.5, 0.6) is 0 Å². The number of nitrogens with one attached hydrogen (secondary N) is 2. The van der Waals surface area contributed by atoms with Crippen LogP contribution >= 0.6 is 0 Å². The van der Waals surface area contributed by atoms with Gasteiger partial charge in [0.25, 0.3) is 0 Å². The molecule has 18 nitrogen and oxygen atoms in total. The van der Waals surface area contributed by atoms with Crippen molar-refractivity contribution < 1.29 is 104 Å². The van der Waals surface area contributed by atoms with Gasteiger partial charge in [0.2, 0.25) is 22.2 Å². The number of unbranched alkanes of at least 4 members (excludes halogenated alkanes) is 10. The van der Waals surface area contributed by atoms with Crippen molar-refractivity contribution in [3.05, 3.63) is 0 Å². The molecule has 300 valence electrons. The van der Waals surface area contributed by atoms with Crippen LogP contribution in [0.2, 0.25) is 0 Å². The fourth-order valence-corrected chi connectivity index (χ4v) is 5.64. The maximum atomic E-state index is 13.1. The Bertz CT molecular complexity index is 1250. The van der Waals surface area contributed by atoms with Crippen LogP contribution in [-0.4, -0.2) is 112 Å². The summed E-state index contributed by atoms with van der Waals surface area (Å²) in [5, 5.41) is 4.89. The first-order valence-corrected chi connectivity index (χ1v) is 19.0. The smallest absolute Gasteiger partial charge is 0.726 e. The van der Waals surface area contributed by atoms with Crippen LogP contribution in [0.3, 0.4) is 0 Å². The van der Waals surface area contributed by atoms with Gasteiger partial charge in [0, 0.05) is 40.7 Å². The fraction of sp³-hybridized carbons (Fsp3) is 0.818. The zero-order chi connectivity index (χ0) is 39.1. The molecule has 1 rings (SSSR count). The summed E-state index contributed by atoms with van der Waals surface area (Å²) in [4.78, 5) is 73.8. The molecule has 1 heterocycles. The average Bonchev–Trinajstić information content (AvgIpc) is 3.04. The van der Waals surface area contributed by atoms with E-state index < -0.39 is 109 Å². The summed E-state index contributed by atoms with van der Waals surface area (Å²) in [5.41, 5.74) is 0. The van der Waals surface area contributed by atoms with Gasteiger partial charge < -0.3 is 43.6 Å². The van der Waals surface area contributed by atoms with E-state index in [0.717, 1.165) is 53.4 Å². The molecule has 0 bridgehead atoms. The Kier molecular flexibility index (Phi) is 26.8. The van der Waals surface area contributed by atoms with E-state index in [-0.39, 0.29) is 36.0 Å². The largest absolute Gasteiger partial charge is 1.00 e. The molecule has 1 saturated heterocycles. The van der Waals surface area contributed by atoms with Crippen molar-refractivity contribution in [1.29, 1.82) is 0 Å². The van der Waals surface area contributed by atoms with Crippen LogP contribution in [0.1, 0.15) is 112 Å². The van der Waals surface area contributed by atoms with Crippen molar-refractivity contribution in [2.45, 2.75) is 148 Å². The Morgan fingerprint density at radius 1 is 0.736 bits per heavy atom. The van der Waals surface area contributed by atoms with Crippen LogP contribution in [0.15, 0.2) is 0 Å². The third-order valence-corrected chi connectivity index (χ3v) is 8.12. The van der Waals surface area contributed by atoms with Gasteiger partial charge in [0.05, 0.1) is 13.2 Å². The van der Waals surface area contributed by atoms with E-state index in [2.05, 4.69) is 21.7 Å². The second-order valence-electron chi connectivity index (χ2n) is 12.3. The number of carbonyl (C=O) groups is 6. The van der Waals surface area contributed by atoms with E-state index in [0.29, 0.717) is 6.42 Å². The van der Waals surface area contributed by atoms with Crippen molar-refractivity contribution in [3.63, 3.8) is 0 Å². The molecule has 0 aliphatic carbocycles. The molecule has 6 atom stereocenters. The molecule has 0 radical (unpaired) electrons. The van der Waals surface area contributed by atoms with E-state index in [1.807, 2.05) is 0 Å². The Balaban J connectivity index is 0.0000270. The van der Waals surface area contributed by atoms with Crippen molar-refractivity contribution in [2.75, 3.05) is 26.4 Å². The van der Waals surface area contributed by atoms with E-state index in [1.165, 1.54) is 38.5 Å². The van der Waals surface area contributed by atoms with E-state index >= 15 is 0 Å². The van der Waals surface area contributed by atoms with Crippen molar-refractivity contribution in [1.82, 2.24) is 10.6 Å². The van der Waals surface area contributed by atoms with E-state index in [9.17, 15) is 41.7 Å². The van der Waals surface area contributed by atoms with Gasteiger partial charge in [-0.1, -0.05) is 71.1 Å². The Morgan fingerprint density at radius 3 is 1.75 bits per heavy atom. The maximum Gasteiger partial charge on any atom is 1.00 e. The molecule has 1 unspecified atom stereocenters. The van der Waals surface area contributed by atoms with Crippen LogP contribution < -0.4 is 40.2 Å². The summed E-state index contributed by atoms with van der Waals surface area (Å²) in [5.74, 6) is -4.64.